The monoisotopic (exact) mass is 298 g/mol. The smallest absolute Gasteiger partial charge is 0.231 e. The number of hydrogen-bond acceptors (Lipinski definition) is 3. The van der Waals surface area contributed by atoms with Crippen LogP contribution in [0, 0.1) is 0 Å². The van der Waals surface area contributed by atoms with Gasteiger partial charge in [-0.15, -0.1) is 0 Å². The second kappa shape index (κ2) is 6.01. The molecular formula is C19H22O3. The third-order valence-corrected chi connectivity index (χ3v) is 4.44. The van der Waals surface area contributed by atoms with E-state index in [4.69, 9.17) is 9.47 Å². The fourth-order valence-electron chi connectivity index (χ4n) is 2.86. The van der Waals surface area contributed by atoms with Gasteiger partial charge in [0.25, 0.3) is 0 Å². The maximum absolute atomic E-state index is 9.98. The zero-order valence-electron chi connectivity index (χ0n) is 13.1. The Labute approximate surface area is 131 Å². The summed E-state index contributed by atoms with van der Waals surface area (Å²) in [5.41, 5.74) is 3.29. The maximum Gasteiger partial charge on any atom is 0.231 e. The number of aliphatic hydroxyl groups is 1. The zero-order chi connectivity index (χ0) is 15.6. The van der Waals surface area contributed by atoms with Crippen LogP contribution in [0.2, 0.25) is 0 Å². The molecule has 1 unspecified atom stereocenters. The van der Waals surface area contributed by atoms with Crippen molar-refractivity contribution in [1.29, 1.82) is 0 Å². The van der Waals surface area contributed by atoms with E-state index in [0.717, 1.165) is 29.9 Å². The Hall–Kier alpha value is -2.00. The lowest BCUT2D eigenvalue weighted by atomic mass is 9.78. The van der Waals surface area contributed by atoms with Gasteiger partial charge in [-0.3, -0.25) is 0 Å². The van der Waals surface area contributed by atoms with E-state index >= 15 is 0 Å². The Bertz CT molecular complexity index is 648. The molecular weight excluding hydrogens is 276 g/mol. The first-order valence-electron chi connectivity index (χ1n) is 7.73. The second-order valence-electron chi connectivity index (χ2n) is 6.13. The number of fused-ring (bicyclic) bond motifs is 1. The molecule has 0 saturated heterocycles. The third-order valence-electron chi connectivity index (χ3n) is 4.44. The summed E-state index contributed by atoms with van der Waals surface area (Å²) in [7, 11) is 0. The van der Waals surface area contributed by atoms with Crippen molar-refractivity contribution in [3.63, 3.8) is 0 Å². The van der Waals surface area contributed by atoms with Gasteiger partial charge in [-0.2, -0.15) is 0 Å². The number of hydrogen-bond donors (Lipinski definition) is 1. The molecule has 22 heavy (non-hydrogen) atoms. The molecule has 3 nitrogen and oxygen atoms in total. The van der Waals surface area contributed by atoms with Gasteiger partial charge in [-0.1, -0.05) is 44.2 Å². The van der Waals surface area contributed by atoms with Crippen LogP contribution in [0.4, 0.5) is 0 Å². The van der Waals surface area contributed by atoms with E-state index in [2.05, 4.69) is 38.1 Å². The zero-order valence-corrected chi connectivity index (χ0v) is 13.1. The minimum atomic E-state index is -0.339. The van der Waals surface area contributed by atoms with Gasteiger partial charge in [0.15, 0.2) is 11.5 Å². The second-order valence-corrected chi connectivity index (χ2v) is 6.13. The molecule has 0 amide bonds. The van der Waals surface area contributed by atoms with Crippen molar-refractivity contribution in [3.8, 4) is 11.5 Å². The molecule has 1 aliphatic heterocycles. The van der Waals surface area contributed by atoms with Crippen molar-refractivity contribution in [2.24, 2.45) is 0 Å². The fraction of sp³-hybridized carbons (Fsp3) is 0.368. The molecule has 0 fully saturated rings. The molecule has 3 heteroatoms. The Kier molecular flexibility index (Phi) is 4.08. The molecule has 0 bridgehead atoms. The predicted molar refractivity (Wildman–Crippen MR) is 86.5 cm³/mol. The van der Waals surface area contributed by atoms with Crippen molar-refractivity contribution >= 4 is 0 Å². The summed E-state index contributed by atoms with van der Waals surface area (Å²) in [6.45, 7) is 4.59. The summed E-state index contributed by atoms with van der Waals surface area (Å²) >= 11 is 0. The van der Waals surface area contributed by atoms with E-state index in [1.807, 2.05) is 18.2 Å². The van der Waals surface area contributed by atoms with Crippen LogP contribution in [0.3, 0.4) is 0 Å². The molecule has 2 aromatic rings. The van der Waals surface area contributed by atoms with E-state index < -0.39 is 0 Å². The van der Waals surface area contributed by atoms with Crippen LogP contribution in [0.25, 0.3) is 0 Å². The summed E-state index contributed by atoms with van der Waals surface area (Å²) in [6, 6.07) is 14.5. The van der Waals surface area contributed by atoms with Crippen LogP contribution < -0.4 is 9.47 Å². The first-order valence-corrected chi connectivity index (χ1v) is 7.73. The summed E-state index contributed by atoms with van der Waals surface area (Å²) in [5, 5.41) is 9.98. The topological polar surface area (TPSA) is 38.7 Å². The van der Waals surface area contributed by atoms with Crippen LogP contribution in [0.1, 0.15) is 30.5 Å². The molecule has 1 heterocycles. The van der Waals surface area contributed by atoms with Crippen LogP contribution in [0.15, 0.2) is 42.5 Å². The van der Waals surface area contributed by atoms with Gasteiger partial charge in [0, 0.05) is 5.41 Å². The van der Waals surface area contributed by atoms with Gasteiger partial charge in [0.1, 0.15) is 0 Å². The number of ether oxygens (including phenoxy) is 2. The highest BCUT2D eigenvalue weighted by Gasteiger charge is 2.28. The minimum absolute atomic E-state index is 0.0855. The van der Waals surface area contributed by atoms with Crippen LogP contribution in [-0.4, -0.2) is 18.5 Å². The highest BCUT2D eigenvalue weighted by Crippen LogP contribution is 2.37. The fourth-order valence-corrected chi connectivity index (χ4v) is 2.86. The van der Waals surface area contributed by atoms with Crippen molar-refractivity contribution in [2.45, 2.75) is 32.1 Å². The molecule has 2 aromatic carbocycles. The van der Waals surface area contributed by atoms with Gasteiger partial charge in [-0.05, 0) is 41.7 Å². The molecule has 0 aliphatic carbocycles. The molecule has 1 N–H and O–H groups in total. The highest BCUT2D eigenvalue weighted by molar-refractivity contribution is 5.47. The van der Waals surface area contributed by atoms with E-state index in [9.17, 15) is 5.11 Å². The van der Waals surface area contributed by atoms with Crippen molar-refractivity contribution in [1.82, 2.24) is 0 Å². The lowest BCUT2D eigenvalue weighted by molar-refractivity contribution is 0.173. The van der Waals surface area contributed by atoms with Crippen LogP contribution in [0.5, 0.6) is 11.5 Å². The van der Waals surface area contributed by atoms with Crippen molar-refractivity contribution in [2.75, 3.05) is 13.4 Å². The number of benzene rings is 2. The summed E-state index contributed by atoms with van der Waals surface area (Å²) < 4.78 is 10.8. The van der Waals surface area contributed by atoms with Crippen LogP contribution >= 0.6 is 0 Å². The van der Waals surface area contributed by atoms with Gasteiger partial charge in [-0.25, -0.2) is 0 Å². The number of aryl methyl sites for hydroxylation is 1. The van der Waals surface area contributed by atoms with E-state index in [1.165, 1.54) is 11.1 Å². The average Bonchev–Trinajstić information content (AvgIpc) is 3.03. The standard InChI is InChI=1S/C19H22O3/c1-3-14-4-6-15(7-5-14)11-19(2,12-20)16-8-9-17-18(10-16)22-13-21-17/h4-10,20H,3,11-13H2,1-2H3. The van der Waals surface area contributed by atoms with Crippen molar-refractivity contribution < 1.29 is 14.6 Å². The van der Waals surface area contributed by atoms with E-state index in [1.54, 1.807) is 0 Å². The lowest BCUT2D eigenvalue weighted by Gasteiger charge is -2.28. The lowest BCUT2D eigenvalue weighted by Crippen LogP contribution is -2.29. The molecule has 1 aliphatic rings. The maximum atomic E-state index is 9.98. The van der Waals surface area contributed by atoms with E-state index in [-0.39, 0.29) is 18.8 Å². The summed E-state index contributed by atoms with van der Waals surface area (Å²) in [6.07, 6.45) is 1.83. The average molecular weight is 298 g/mol. The molecule has 116 valence electrons. The Balaban J connectivity index is 1.86. The normalized spacial score (nSPS) is 15.6. The highest BCUT2D eigenvalue weighted by atomic mass is 16.7. The van der Waals surface area contributed by atoms with Gasteiger partial charge in [0.2, 0.25) is 6.79 Å². The number of rotatable bonds is 5. The molecule has 0 spiro atoms. The van der Waals surface area contributed by atoms with Gasteiger partial charge in [0.05, 0.1) is 6.61 Å². The molecule has 0 radical (unpaired) electrons. The molecule has 0 aromatic heterocycles. The minimum Gasteiger partial charge on any atom is -0.454 e. The summed E-state index contributed by atoms with van der Waals surface area (Å²) in [5.74, 6) is 1.54. The van der Waals surface area contributed by atoms with Crippen LogP contribution in [-0.2, 0) is 18.3 Å². The largest absolute Gasteiger partial charge is 0.454 e. The SMILES string of the molecule is CCc1ccc(CC(C)(CO)c2ccc3c(c2)OCO3)cc1. The first-order chi connectivity index (χ1) is 10.6. The first kappa shape index (κ1) is 14.9. The Morgan fingerprint density at radius 2 is 1.68 bits per heavy atom. The summed E-state index contributed by atoms with van der Waals surface area (Å²) in [4.78, 5) is 0. The molecule has 0 saturated carbocycles. The Morgan fingerprint density at radius 1 is 1.00 bits per heavy atom. The van der Waals surface area contributed by atoms with Crippen molar-refractivity contribution in [3.05, 3.63) is 59.2 Å². The van der Waals surface area contributed by atoms with E-state index in [0.29, 0.717) is 0 Å². The molecule has 1 atom stereocenters. The Morgan fingerprint density at radius 3 is 2.36 bits per heavy atom. The predicted octanol–water partition coefficient (Wildman–Crippen LogP) is 3.47. The number of aliphatic hydroxyl groups excluding tert-OH is 1. The molecule has 3 rings (SSSR count). The quantitative estimate of drug-likeness (QED) is 0.918. The van der Waals surface area contributed by atoms with Gasteiger partial charge < -0.3 is 14.6 Å². The third kappa shape index (κ3) is 2.81. The van der Waals surface area contributed by atoms with Gasteiger partial charge >= 0.3 is 0 Å².